The molecule has 1 spiro atoms. The summed E-state index contributed by atoms with van der Waals surface area (Å²) >= 11 is 0. The van der Waals surface area contributed by atoms with Crippen molar-refractivity contribution in [3.63, 3.8) is 0 Å². The number of hydrogen-bond donors (Lipinski definition) is 3. The number of nitrogens with one attached hydrogen (secondary N) is 2. The van der Waals surface area contributed by atoms with Crippen molar-refractivity contribution in [1.82, 2.24) is 10.2 Å². The summed E-state index contributed by atoms with van der Waals surface area (Å²) in [5.41, 5.74) is 6.84. The smallest absolute Gasteiger partial charge is 0.245 e. The van der Waals surface area contributed by atoms with Crippen LogP contribution in [0.15, 0.2) is 35.7 Å². The number of para-hydroxylation sites is 1. The first-order chi connectivity index (χ1) is 11.6. The van der Waals surface area contributed by atoms with Crippen molar-refractivity contribution in [3.8, 4) is 11.9 Å². The van der Waals surface area contributed by atoms with Crippen LogP contribution in [-0.4, -0.2) is 23.2 Å². The van der Waals surface area contributed by atoms with Gasteiger partial charge in [-0.25, -0.2) is 0 Å². The molecule has 1 amide bonds. The third-order valence-electron chi connectivity index (χ3n) is 4.33. The van der Waals surface area contributed by atoms with Crippen molar-refractivity contribution in [3.05, 3.63) is 52.5 Å². The molecule has 0 unspecified atom stereocenters. The van der Waals surface area contributed by atoms with Crippen LogP contribution in [0.1, 0.15) is 16.8 Å². The molecule has 0 aliphatic carbocycles. The van der Waals surface area contributed by atoms with E-state index in [2.05, 4.69) is 15.5 Å². The van der Waals surface area contributed by atoms with Gasteiger partial charge in [0.1, 0.15) is 17.1 Å². The summed E-state index contributed by atoms with van der Waals surface area (Å²) < 4.78 is 10.7. The van der Waals surface area contributed by atoms with Crippen LogP contribution in [0.2, 0.25) is 0 Å². The fourth-order valence-electron chi connectivity index (χ4n) is 3.43. The fourth-order valence-corrected chi connectivity index (χ4v) is 3.43. The molecular formula is C16H13N5O3. The predicted octanol–water partition coefficient (Wildman–Crippen LogP) is 0.881. The molecule has 0 fully saturated rings. The third-order valence-corrected chi connectivity index (χ3v) is 4.33. The molecule has 1 atom stereocenters. The summed E-state index contributed by atoms with van der Waals surface area (Å²) in [6.45, 7) is 0.182. The second kappa shape index (κ2) is 4.84. The second-order valence-corrected chi connectivity index (χ2v) is 5.52. The lowest BCUT2D eigenvalue weighted by molar-refractivity contribution is -0.118. The van der Waals surface area contributed by atoms with E-state index >= 15 is 0 Å². The molecule has 0 radical (unpaired) electrons. The first kappa shape index (κ1) is 14.3. The van der Waals surface area contributed by atoms with Crippen molar-refractivity contribution in [2.24, 2.45) is 5.73 Å². The number of nitriles is 1. The molecule has 8 nitrogen and oxygen atoms in total. The number of carbonyl (C=O) groups excluding carboxylic acids is 1. The zero-order valence-corrected chi connectivity index (χ0v) is 12.7. The van der Waals surface area contributed by atoms with Crippen LogP contribution < -0.4 is 15.8 Å². The number of fused-ring (bicyclic) bond motifs is 4. The summed E-state index contributed by atoms with van der Waals surface area (Å²) in [6, 6.07) is 9.22. The number of methoxy groups -OCH3 is 1. The van der Waals surface area contributed by atoms with E-state index in [4.69, 9.17) is 15.2 Å². The fraction of sp³-hybridized carbons (Fsp3) is 0.188. The Balaban J connectivity index is 2.12. The maximum absolute atomic E-state index is 13.1. The molecule has 3 heterocycles. The van der Waals surface area contributed by atoms with Gasteiger partial charge in [-0.2, -0.15) is 5.26 Å². The molecule has 2 aromatic rings. The van der Waals surface area contributed by atoms with E-state index in [1.807, 2.05) is 12.1 Å². The number of amides is 1. The van der Waals surface area contributed by atoms with Crippen LogP contribution in [-0.2, 0) is 21.6 Å². The number of anilines is 1. The highest BCUT2D eigenvalue weighted by atomic mass is 16.5. The monoisotopic (exact) mass is 323 g/mol. The van der Waals surface area contributed by atoms with Crippen LogP contribution in [0.3, 0.4) is 0 Å². The van der Waals surface area contributed by atoms with Gasteiger partial charge in [0.15, 0.2) is 0 Å². The van der Waals surface area contributed by atoms with Gasteiger partial charge in [0.2, 0.25) is 17.7 Å². The van der Waals surface area contributed by atoms with Gasteiger partial charge in [-0.05, 0) is 6.07 Å². The van der Waals surface area contributed by atoms with Crippen molar-refractivity contribution >= 4 is 11.6 Å². The van der Waals surface area contributed by atoms with Crippen molar-refractivity contribution in [1.29, 1.82) is 5.26 Å². The Bertz CT molecular complexity index is 939. The average molecular weight is 323 g/mol. The Morgan fingerprint density at radius 3 is 3.00 bits per heavy atom. The van der Waals surface area contributed by atoms with Gasteiger partial charge in [-0.3, -0.25) is 9.89 Å². The van der Waals surface area contributed by atoms with Crippen LogP contribution in [0.4, 0.5) is 5.69 Å². The Morgan fingerprint density at radius 2 is 2.25 bits per heavy atom. The van der Waals surface area contributed by atoms with Crippen molar-refractivity contribution < 1.29 is 14.3 Å². The molecular weight excluding hydrogens is 310 g/mol. The van der Waals surface area contributed by atoms with E-state index in [1.165, 1.54) is 7.11 Å². The van der Waals surface area contributed by atoms with Gasteiger partial charge in [-0.1, -0.05) is 18.2 Å². The molecule has 120 valence electrons. The van der Waals surface area contributed by atoms with Gasteiger partial charge < -0.3 is 20.5 Å². The standard InChI is InChI=1S/C16H13N5O3/c1-23-7-11-12-14(21-20-11)24-13(18)9(6-17)16(12)8-4-2-3-5-10(8)19-15(16)22/h2-5H,7,18H2,1H3,(H,19,22)(H,20,21)/t16-/m0/s1. The maximum atomic E-state index is 13.1. The Labute approximate surface area is 136 Å². The zero-order chi connectivity index (χ0) is 16.9. The Morgan fingerprint density at radius 1 is 1.46 bits per heavy atom. The van der Waals surface area contributed by atoms with Gasteiger partial charge in [0.25, 0.3) is 0 Å². The number of H-pyrrole nitrogens is 1. The van der Waals surface area contributed by atoms with Crippen molar-refractivity contribution in [2.75, 3.05) is 12.4 Å². The van der Waals surface area contributed by atoms with E-state index in [0.717, 1.165) is 0 Å². The highest BCUT2D eigenvalue weighted by Gasteiger charge is 2.58. The van der Waals surface area contributed by atoms with Crippen LogP contribution in [0.25, 0.3) is 0 Å². The molecule has 2 aliphatic heterocycles. The summed E-state index contributed by atoms with van der Waals surface area (Å²) in [7, 11) is 1.53. The molecule has 0 saturated carbocycles. The lowest BCUT2D eigenvalue weighted by atomic mass is 9.69. The number of nitrogens with zero attached hydrogens (tertiary/aromatic N) is 2. The molecule has 0 bridgehead atoms. The number of benzene rings is 1. The number of aromatic amines is 1. The lowest BCUT2D eigenvalue weighted by Gasteiger charge is -2.31. The first-order valence-corrected chi connectivity index (χ1v) is 7.20. The van der Waals surface area contributed by atoms with Gasteiger partial charge in [-0.15, -0.1) is 5.10 Å². The molecule has 0 saturated heterocycles. The first-order valence-electron chi connectivity index (χ1n) is 7.20. The molecule has 8 heteroatoms. The molecule has 4 N–H and O–H groups in total. The topological polar surface area (TPSA) is 126 Å². The minimum absolute atomic E-state index is 0.0382. The largest absolute Gasteiger partial charge is 0.420 e. The van der Waals surface area contributed by atoms with Crippen molar-refractivity contribution in [2.45, 2.75) is 12.0 Å². The minimum Gasteiger partial charge on any atom is -0.420 e. The summed E-state index contributed by atoms with van der Waals surface area (Å²) in [5, 5.41) is 19.4. The Hall–Kier alpha value is -3.31. The summed E-state index contributed by atoms with van der Waals surface area (Å²) in [5.74, 6) is -0.329. The highest BCUT2D eigenvalue weighted by molar-refractivity contribution is 6.12. The number of hydrogen-bond acceptors (Lipinski definition) is 6. The minimum atomic E-state index is -1.40. The van der Waals surface area contributed by atoms with E-state index in [9.17, 15) is 10.1 Å². The van der Waals surface area contributed by atoms with Gasteiger partial charge in [0.05, 0.1) is 17.9 Å². The summed E-state index contributed by atoms with van der Waals surface area (Å²) in [4.78, 5) is 13.1. The van der Waals surface area contributed by atoms with Crippen LogP contribution in [0, 0.1) is 11.3 Å². The van der Waals surface area contributed by atoms with E-state index < -0.39 is 5.41 Å². The molecule has 4 rings (SSSR count). The van der Waals surface area contributed by atoms with E-state index in [0.29, 0.717) is 22.5 Å². The SMILES string of the molecule is COCc1[nH]nc2c1[C@@]1(C(=O)Nc3ccccc31)C(C#N)=C(N)O2. The average Bonchev–Trinajstić information content (AvgIpc) is 3.09. The van der Waals surface area contributed by atoms with Crippen LogP contribution >= 0.6 is 0 Å². The van der Waals surface area contributed by atoms with E-state index in [1.54, 1.807) is 18.2 Å². The number of ether oxygens (including phenoxy) is 2. The maximum Gasteiger partial charge on any atom is 0.245 e. The summed E-state index contributed by atoms with van der Waals surface area (Å²) in [6.07, 6.45) is 0. The molecule has 1 aromatic carbocycles. The lowest BCUT2D eigenvalue weighted by Crippen LogP contribution is -2.42. The number of rotatable bonds is 2. The van der Waals surface area contributed by atoms with Gasteiger partial charge in [0, 0.05) is 18.4 Å². The number of nitrogens with two attached hydrogens (primary N) is 1. The van der Waals surface area contributed by atoms with Crippen LogP contribution in [0.5, 0.6) is 5.88 Å². The number of carbonyl (C=O) groups is 1. The highest BCUT2D eigenvalue weighted by Crippen LogP contribution is 2.53. The quantitative estimate of drug-likeness (QED) is 0.753. The molecule has 24 heavy (non-hydrogen) atoms. The number of aromatic nitrogens is 2. The normalized spacial score (nSPS) is 21.1. The predicted molar refractivity (Wildman–Crippen MR) is 82.6 cm³/mol. The zero-order valence-electron chi connectivity index (χ0n) is 12.7. The third kappa shape index (κ3) is 1.54. The second-order valence-electron chi connectivity index (χ2n) is 5.52. The molecule has 2 aliphatic rings. The van der Waals surface area contributed by atoms with Gasteiger partial charge >= 0.3 is 0 Å². The van der Waals surface area contributed by atoms with E-state index in [-0.39, 0.29) is 29.9 Å². The Kier molecular flexibility index (Phi) is 2.88. The molecule has 1 aromatic heterocycles.